The maximum absolute atomic E-state index is 10.8. The topological polar surface area (TPSA) is 88.0 Å². The summed E-state index contributed by atoms with van der Waals surface area (Å²) >= 11 is 0. The van der Waals surface area contributed by atoms with Crippen LogP contribution in [0.5, 0.6) is 0 Å². The van der Waals surface area contributed by atoms with Crippen molar-refractivity contribution >= 4 is 5.91 Å². The molecule has 0 radical (unpaired) electrons. The van der Waals surface area contributed by atoms with Crippen molar-refractivity contribution in [3.05, 3.63) is 0 Å². The van der Waals surface area contributed by atoms with Crippen LogP contribution in [0, 0.1) is 0 Å². The summed E-state index contributed by atoms with van der Waals surface area (Å²) in [5.41, 5.74) is 0. The van der Waals surface area contributed by atoms with Crippen LogP contribution in [-0.2, 0) is 14.3 Å². The van der Waals surface area contributed by atoms with Gasteiger partial charge in [0.05, 0.1) is 6.61 Å². The van der Waals surface area contributed by atoms with Gasteiger partial charge in [0.15, 0.2) is 6.29 Å². The van der Waals surface area contributed by atoms with E-state index in [1.807, 2.05) is 0 Å². The first kappa shape index (κ1) is 11.4. The average Bonchev–Trinajstić information content (AvgIpc) is 2.43. The van der Waals surface area contributed by atoms with E-state index in [1.165, 1.54) is 14.0 Å². The molecule has 0 bridgehead atoms. The molecule has 14 heavy (non-hydrogen) atoms. The van der Waals surface area contributed by atoms with E-state index in [2.05, 4.69) is 5.32 Å². The van der Waals surface area contributed by atoms with Crippen LogP contribution < -0.4 is 5.32 Å². The Hall–Kier alpha value is -0.690. The van der Waals surface area contributed by atoms with Gasteiger partial charge in [-0.05, 0) is 0 Å². The maximum atomic E-state index is 10.8. The summed E-state index contributed by atoms with van der Waals surface area (Å²) in [6.07, 6.45) is -2.38. The van der Waals surface area contributed by atoms with Crippen molar-refractivity contribution in [2.24, 2.45) is 0 Å². The number of hydrogen-bond acceptors (Lipinski definition) is 5. The predicted octanol–water partition coefficient (Wildman–Crippen LogP) is -1.78. The molecule has 1 aliphatic heterocycles. The van der Waals surface area contributed by atoms with Gasteiger partial charge in [-0.1, -0.05) is 0 Å². The minimum atomic E-state index is -0.950. The quantitative estimate of drug-likeness (QED) is 0.506. The third kappa shape index (κ3) is 2.21. The maximum Gasteiger partial charge on any atom is 0.217 e. The summed E-state index contributed by atoms with van der Waals surface area (Å²) in [5.74, 6) is -0.279. The molecule has 0 saturated carbocycles. The molecule has 1 fully saturated rings. The molecule has 1 amide bonds. The van der Waals surface area contributed by atoms with Gasteiger partial charge >= 0.3 is 0 Å². The van der Waals surface area contributed by atoms with Crippen LogP contribution in [-0.4, -0.2) is 54.4 Å². The minimum absolute atomic E-state index is 0.279. The van der Waals surface area contributed by atoms with Crippen molar-refractivity contribution in [3.8, 4) is 0 Å². The zero-order valence-electron chi connectivity index (χ0n) is 8.14. The lowest BCUT2D eigenvalue weighted by atomic mass is 10.1. The molecule has 4 atom stereocenters. The summed E-state index contributed by atoms with van der Waals surface area (Å²) in [4.78, 5) is 10.8. The van der Waals surface area contributed by atoms with Crippen LogP contribution in [0.3, 0.4) is 0 Å². The number of methoxy groups -OCH3 is 1. The number of nitrogens with one attached hydrogen (secondary N) is 1. The van der Waals surface area contributed by atoms with Crippen LogP contribution in [0.4, 0.5) is 0 Å². The number of rotatable bonds is 3. The van der Waals surface area contributed by atoms with Crippen molar-refractivity contribution in [2.45, 2.75) is 31.5 Å². The fourth-order valence-electron chi connectivity index (χ4n) is 1.47. The number of aliphatic hydroxyl groups is 2. The Kier molecular flexibility index (Phi) is 3.82. The molecule has 0 aliphatic carbocycles. The Balaban J connectivity index is 2.64. The largest absolute Gasteiger partial charge is 0.394 e. The molecule has 1 aliphatic rings. The number of ether oxygens (including phenoxy) is 2. The number of hydrogen-bond donors (Lipinski definition) is 3. The lowest BCUT2D eigenvalue weighted by molar-refractivity contribution is -0.138. The molecule has 0 aromatic rings. The van der Waals surface area contributed by atoms with Crippen LogP contribution in [0.15, 0.2) is 0 Å². The first-order valence-corrected chi connectivity index (χ1v) is 4.34. The molecule has 1 rings (SSSR count). The minimum Gasteiger partial charge on any atom is -0.394 e. The summed E-state index contributed by atoms with van der Waals surface area (Å²) in [5, 5.41) is 21.0. The number of aliphatic hydroxyl groups excluding tert-OH is 2. The normalized spacial score (nSPS) is 37.1. The van der Waals surface area contributed by atoms with Crippen molar-refractivity contribution in [1.29, 1.82) is 0 Å². The summed E-state index contributed by atoms with van der Waals surface area (Å²) in [7, 11) is 1.41. The van der Waals surface area contributed by atoms with E-state index in [9.17, 15) is 9.90 Å². The standard InChI is InChI=1S/C8H15NO5/c1-4(11)9-6-7(12)5(3-10)14-8(6)13-2/h5-8,10,12H,3H2,1-2H3,(H,9,11)/t5-,6+,7+,8-/m0/s1. The van der Waals surface area contributed by atoms with Gasteiger partial charge in [-0.25, -0.2) is 0 Å². The van der Waals surface area contributed by atoms with Gasteiger partial charge in [-0.15, -0.1) is 0 Å². The lowest BCUT2D eigenvalue weighted by Crippen LogP contribution is -2.47. The third-order valence-corrected chi connectivity index (χ3v) is 2.13. The summed E-state index contributed by atoms with van der Waals surface area (Å²) in [6.45, 7) is 1.03. The third-order valence-electron chi connectivity index (χ3n) is 2.13. The van der Waals surface area contributed by atoms with Crippen molar-refractivity contribution in [3.63, 3.8) is 0 Å². The fraction of sp³-hybridized carbons (Fsp3) is 0.875. The average molecular weight is 205 g/mol. The van der Waals surface area contributed by atoms with E-state index in [-0.39, 0.29) is 12.5 Å². The van der Waals surface area contributed by atoms with E-state index in [1.54, 1.807) is 0 Å². The lowest BCUT2D eigenvalue weighted by Gasteiger charge is -2.19. The van der Waals surface area contributed by atoms with Gasteiger partial charge in [-0.3, -0.25) is 4.79 Å². The highest BCUT2D eigenvalue weighted by atomic mass is 16.7. The molecule has 1 heterocycles. The molecule has 3 N–H and O–H groups in total. The van der Waals surface area contributed by atoms with Crippen molar-refractivity contribution in [1.82, 2.24) is 5.32 Å². The molecular formula is C8H15NO5. The molecule has 1 saturated heterocycles. The first-order chi connectivity index (χ1) is 6.60. The van der Waals surface area contributed by atoms with Gasteiger partial charge in [-0.2, -0.15) is 0 Å². The number of carbonyl (C=O) groups excluding carboxylic acids is 1. The zero-order valence-corrected chi connectivity index (χ0v) is 8.14. The predicted molar refractivity (Wildman–Crippen MR) is 46.4 cm³/mol. The van der Waals surface area contributed by atoms with Gasteiger partial charge in [0, 0.05) is 14.0 Å². The second-order valence-corrected chi connectivity index (χ2v) is 3.18. The van der Waals surface area contributed by atoms with E-state index in [0.29, 0.717) is 0 Å². The van der Waals surface area contributed by atoms with Crippen LogP contribution in [0.2, 0.25) is 0 Å². The summed E-state index contributed by atoms with van der Waals surface area (Å²) < 4.78 is 10.1. The fourth-order valence-corrected chi connectivity index (χ4v) is 1.47. The van der Waals surface area contributed by atoms with Crippen LogP contribution >= 0.6 is 0 Å². The zero-order chi connectivity index (χ0) is 10.7. The highest BCUT2D eigenvalue weighted by molar-refractivity contribution is 5.73. The first-order valence-electron chi connectivity index (χ1n) is 4.34. The van der Waals surface area contributed by atoms with Crippen molar-refractivity contribution < 1.29 is 24.5 Å². The molecule has 0 unspecified atom stereocenters. The summed E-state index contributed by atoms with van der Waals surface area (Å²) in [6, 6.07) is -0.630. The van der Waals surface area contributed by atoms with Crippen molar-refractivity contribution in [2.75, 3.05) is 13.7 Å². The Bertz CT molecular complexity index is 208. The Morgan fingerprint density at radius 2 is 2.29 bits per heavy atom. The van der Waals surface area contributed by atoms with Crippen LogP contribution in [0.1, 0.15) is 6.92 Å². The molecule has 0 spiro atoms. The molecule has 6 nitrogen and oxygen atoms in total. The number of carbonyl (C=O) groups is 1. The van der Waals surface area contributed by atoms with Gasteiger partial charge in [0.1, 0.15) is 18.2 Å². The smallest absolute Gasteiger partial charge is 0.217 e. The SMILES string of the molecule is CO[C@H]1O[C@@H](CO)[C@@H](O)[C@H]1NC(C)=O. The molecule has 0 aromatic heterocycles. The molecule has 82 valence electrons. The molecule has 0 aromatic carbocycles. The Morgan fingerprint density at radius 3 is 2.71 bits per heavy atom. The van der Waals surface area contributed by atoms with Gasteiger partial charge in [0.25, 0.3) is 0 Å². The van der Waals surface area contributed by atoms with E-state index >= 15 is 0 Å². The van der Waals surface area contributed by atoms with E-state index in [4.69, 9.17) is 14.6 Å². The highest BCUT2D eigenvalue weighted by Gasteiger charge is 2.43. The molecular weight excluding hydrogens is 190 g/mol. The molecule has 6 heteroatoms. The second kappa shape index (κ2) is 4.70. The van der Waals surface area contributed by atoms with Gasteiger partial charge < -0.3 is 25.0 Å². The van der Waals surface area contributed by atoms with E-state index in [0.717, 1.165) is 0 Å². The second-order valence-electron chi connectivity index (χ2n) is 3.18. The Morgan fingerprint density at radius 1 is 1.64 bits per heavy atom. The van der Waals surface area contributed by atoms with Crippen LogP contribution in [0.25, 0.3) is 0 Å². The Labute approximate surface area is 81.8 Å². The number of amides is 1. The monoisotopic (exact) mass is 205 g/mol. The van der Waals surface area contributed by atoms with E-state index < -0.39 is 24.5 Å². The van der Waals surface area contributed by atoms with Gasteiger partial charge in [0.2, 0.25) is 5.91 Å². The highest BCUT2D eigenvalue weighted by Crippen LogP contribution is 2.21.